The van der Waals surface area contributed by atoms with Crippen LogP contribution in [0.4, 0.5) is 5.69 Å². The summed E-state index contributed by atoms with van der Waals surface area (Å²) < 4.78 is 5.30. The van der Waals surface area contributed by atoms with E-state index in [1.165, 1.54) is 0 Å². The van der Waals surface area contributed by atoms with Crippen molar-refractivity contribution in [1.29, 1.82) is 0 Å². The summed E-state index contributed by atoms with van der Waals surface area (Å²) in [4.78, 5) is 2.42. The summed E-state index contributed by atoms with van der Waals surface area (Å²) in [5.74, 6) is 0. The zero-order chi connectivity index (χ0) is 10.3. The first-order chi connectivity index (χ1) is 7.45. The molecule has 15 heavy (non-hydrogen) atoms. The molecule has 1 radical (unpaired) electrons. The van der Waals surface area contributed by atoms with Gasteiger partial charge in [0.05, 0.1) is 13.2 Å². The highest BCUT2D eigenvalue weighted by Gasteiger charge is 2.08. The van der Waals surface area contributed by atoms with Gasteiger partial charge in [0.2, 0.25) is 0 Å². The van der Waals surface area contributed by atoms with Gasteiger partial charge in [0.15, 0.2) is 0 Å². The fourth-order valence-corrected chi connectivity index (χ4v) is 1.69. The Morgan fingerprint density at radius 3 is 3.00 bits per heavy atom. The van der Waals surface area contributed by atoms with Crippen molar-refractivity contribution >= 4 is 5.69 Å². The van der Waals surface area contributed by atoms with Gasteiger partial charge in [-0.25, -0.2) is 0 Å². The maximum Gasteiger partial charge on any atom is 0.0594 e. The molecule has 0 spiro atoms. The Kier molecular flexibility index (Phi) is 4.00. The third kappa shape index (κ3) is 3.53. The summed E-state index contributed by atoms with van der Waals surface area (Å²) in [5, 5.41) is 3.38. The molecule has 0 saturated carbocycles. The molecule has 0 atom stereocenters. The largest absolute Gasteiger partial charge is 0.384 e. The molecule has 1 aliphatic heterocycles. The van der Waals surface area contributed by atoms with Crippen LogP contribution < -0.4 is 5.32 Å². The van der Waals surface area contributed by atoms with Crippen molar-refractivity contribution in [2.45, 2.75) is 0 Å². The van der Waals surface area contributed by atoms with Crippen molar-refractivity contribution in [3.8, 4) is 0 Å². The number of anilines is 1. The van der Waals surface area contributed by atoms with E-state index >= 15 is 0 Å². The molecule has 0 aliphatic carbocycles. The highest BCUT2D eigenvalue weighted by molar-refractivity contribution is 5.41. The average molecular weight is 205 g/mol. The van der Waals surface area contributed by atoms with E-state index in [2.05, 4.69) is 22.3 Å². The van der Waals surface area contributed by atoms with Gasteiger partial charge < -0.3 is 10.1 Å². The normalized spacial score (nSPS) is 17.6. The first-order valence-corrected chi connectivity index (χ1v) is 5.45. The summed E-state index contributed by atoms with van der Waals surface area (Å²) in [7, 11) is 0. The predicted molar refractivity (Wildman–Crippen MR) is 61.0 cm³/mol. The predicted octanol–water partition coefficient (Wildman–Crippen LogP) is 1.23. The number of nitrogens with zero attached hydrogens (tertiary/aromatic N) is 1. The first kappa shape index (κ1) is 10.5. The molecular weight excluding hydrogens is 188 g/mol. The molecule has 1 aromatic carbocycles. The van der Waals surface area contributed by atoms with Crippen LogP contribution in [0.25, 0.3) is 0 Å². The number of morpholine rings is 1. The van der Waals surface area contributed by atoms with Crippen LogP contribution in [-0.2, 0) is 4.74 Å². The number of hydrogen-bond donors (Lipinski definition) is 1. The average Bonchev–Trinajstić information content (AvgIpc) is 2.32. The molecule has 1 aliphatic rings. The SMILES string of the molecule is [c]1cccc(NCCN2CCOCC2)c1. The number of nitrogens with one attached hydrogen (secondary N) is 1. The van der Waals surface area contributed by atoms with Gasteiger partial charge in [-0.15, -0.1) is 0 Å². The summed E-state index contributed by atoms with van der Waals surface area (Å²) in [6.07, 6.45) is 0. The lowest BCUT2D eigenvalue weighted by molar-refractivity contribution is 0.0398. The Hall–Kier alpha value is -1.06. The summed E-state index contributed by atoms with van der Waals surface area (Å²) in [6, 6.07) is 11.0. The van der Waals surface area contributed by atoms with Gasteiger partial charge in [0, 0.05) is 31.9 Å². The number of benzene rings is 1. The highest BCUT2D eigenvalue weighted by Crippen LogP contribution is 2.04. The van der Waals surface area contributed by atoms with E-state index in [9.17, 15) is 0 Å². The molecule has 0 unspecified atom stereocenters. The van der Waals surface area contributed by atoms with Gasteiger partial charge >= 0.3 is 0 Å². The Balaban J connectivity index is 1.66. The van der Waals surface area contributed by atoms with Crippen LogP contribution in [0.1, 0.15) is 0 Å². The van der Waals surface area contributed by atoms with E-state index in [4.69, 9.17) is 4.74 Å². The number of ether oxygens (including phenoxy) is 1. The van der Waals surface area contributed by atoms with E-state index in [1.54, 1.807) is 0 Å². The smallest absolute Gasteiger partial charge is 0.0594 e. The van der Waals surface area contributed by atoms with Crippen LogP contribution in [0.15, 0.2) is 24.3 Å². The minimum atomic E-state index is 0.874. The molecule has 3 nitrogen and oxygen atoms in total. The lowest BCUT2D eigenvalue weighted by Crippen LogP contribution is -2.38. The van der Waals surface area contributed by atoms with Crippen LogP contribution in [0.2, 0.25) is 0 Å². The number of rotatable bonds is 4. The van der Waals surface area contributed by atoms with Crippen LogP contribution in [-0.4, -0.2) is 44.3 Å². The first-order valence-electron chi connectivity index (χ1n) is 5.45. The second-order valence-corrected chi connectivity index (χ2v) is 3.67. The minimum absolute atomic E-state index is 0.874. The molecule has 1 saturated heterocycles. The van der Waals surface area contributed by atoms with Crippen molar-refractivity contribution < 1.29 is 4.74 Å². The van der Waals surface area contributed by atoms with E-state index < -0.39 is 0 Å². The van der Waals surface area contributed by atoms with Gasteiger partial charge in [-0.3, -0.25) is 4.90 Å². The van der Waals surface area contributed by atoms with Crippen LogP contribution in [0, 0.1) is 6.07 Å². The topological polar surface area (TPSA) is 24.5 Å². The van der Waals surface area contributed by atoms with Crippen molar-refractivity contribution in [3.05, 3.63) is 30.3 Å². The molecule has 2 rings (SSSR count). The second-order valence-electron chi connectivity index (χ2n) is 3.67. The molecule has 81 valence electrons. The number of hydrogen-bond acceptors (Lipinski definition) is 3. The van der Waals surface area contributed by atoms with Crippen molar-refractivity contribution in [2.24, 2.45) is 0 Å². The molecule has 0 aromatic heterocycles. The lowest BCUT2D eigenvalue weighted by Gasteiger charge is -2.26. The third-order valence-electron chi connectivity index (χ3n) is 2.57. The minimum Gasteiger partial charge on any atom is -0.384 e. The Bertz CT molecular complexity index is 270. The monoisotopic (exact) mass is 205 g/mol. The standard InChI is InChI=1S/C12H17N2O/c1-2-4-12(5-3-1)13-6-7-14-8-10-15-11-9-14/h1-2,4-5,13H,6-11H2. The highest BCUT2D eigenvalue weighted by atomic mass is 16.5. The fraction of sp³-hybridized carbons (Fsp3) is 0.500. The Morgan fingerprint density at radius 1 is 1.40 bits per heavy atom. The summed E-state index contributed by atoms with van der Waals surface area (Å²) in [5.41, 5.74) is 1.14. The second kappa shape index (κ2) is 5.73. The quantitative estimate of drug-likeness (QED) is 0.800. The zero-order valence-electron chi connectivity index (χ0n) is 8.91. The molecule has 1 aromatic rings. The summed E-state index contributed by atoms with van der Waals surface area (Å²) in [6.45, 7) is 5.93. The van der Waals surface area contributed by atoms with Crippen molar-refractivity contribution in [3.63, 3.8) is 0 Å². The summed E-state index contributed by atoms with van der Waals surface area (Å²) >= 11 is 0. The van der Waals surface area contributed by atoms with Gasteiger partial charge in [0.25, 0.3) is 0 Å². The third-order valence-corrected chi connectivity index (χ3v) is 2.57. The maximum absolute atomic E-state index is 5.30. The molecule has 0 amide bonds. The van der Waals surface area contributed by atoms with Gasteiger partial charge in [-0.2, -0.15) is 0 Å². The van der Waals surface area contributed by atoms with Crippen LogP contribution in [0.3, 0.4) is 0 Å². The van der Waals surface area contributed by atoms with Gasteiger partial charge in [-0.05, 0) is 18.2 Å². The van der Waals surface area contributed by atoms with Crippen LogP contribution in [0.5, 0.6) is 0 Å². The molecule has 1 heterocycles. The Morgan fingerprint density at radius 2 is 2.27 bits per heavy atom. The Labute approximate surface area is 91.0 Å². The van der Waals surface area contributed by atoms with E-state index in [1.807, 2.05) is 18.2 Å². The van der Waals surface area contributed by atoms with E-state index in [0.717, 1.165) is 45.1 Å². The van der Waals surface area contributed by atoms with Gasteiger partial charge in [0.1, 0.15) is 0 Å². The lowest BCUT2D eigenvalue weighted by atomic mass is 10.3. The molecule has 0 bridgehead atoms. The molecule has 3 heteroatoms. The fourth-order valence-electron chi connectivity index (χ4n) is 1.69. The van der Waals surface area contributed by atoms with Crippen molar-refractivity contribution in [2.75, 3.05) is 44.7 Å². The van der Waals surface area contributed by atoms with E-state index in [-0.39, 0.29) is 0 Å². The van der Waals surface area contributed by atoms with Crippen molar-refractivity contribution in [1.82, 2.24) is 4.90 Å². The molecule has 1 fully saturated rings. The van der Waals surface area contributed by atoms with Gasteiger partial charge in [-0.1, -0.05) is 12.1 Å². The zero-order valence-corrected chi connectivity index (χ0v) is 8.91. The maximum atomic E-state index is 5.30. The molecular formula is C12H17N2O. The molecule has 1 N–H and O–H groups in total. The van der Waals surface area contributed by atoms with Crippen LogP contribution >= 0.6 is 0 Å². The van der Waals surface area contributed by atoms with E-state index in [0.29, 0.717) is 0 Å².